The lowest BCUT2D eigenvalue weighted by molar-refractivity contribution is 0.716. The number of nitrogens with two attached hydrogens (primary N) is 1. The molecule has 0 radical (unpaired) electrons. The van der Waals surface area contributed by atoms with Gasteiger partial charge in [0.1, 0.15) is 0 Å². The van der Waals surface area contributed by atoms with E-state index in [2.05, 4.69) is 47.1 Å². The lowest BCUT2D eigenvalue weighted by atomic mass is 9.96. The molecule has 0 aliphatic heterocycles. The van der Waals surface area contributed by atoms with Crippen LogP contribution in [0.15, 0.2) is 40.9 Å². The Balaban J connectivity index is 2.25. The summed E-state index contributed by atoms with van der Waals surface area (Å²) in [6.07, 6.45) is 0.746. The average Bonchev–Trinajstić information content (AvgIpc) is 2.35. The van der Waals surface area contributed by atoms with Crippen LogP contribution >= 0.6 is 27.5 Å². The summed E-state index contributed by atoms with van der Waals surface area (Å²) >= 11 is 9.76. The first-order valence-corrected chi connectivity index (χ1v) is 7.41. The Morgan fingerprint density at radius 1 is 1.16 bits per heavy atom. The van der Waals surface area contributed by atoms with E-state index >= 15 is 0 Å². The van der Waals surface area contributed by atoms with Gasteiger partial charge in [-0.3, -0.25) is 0 Å². The Hall–Kier alpha value is -0.830. The van der Waals surface area contributed by atoms with Crippen LogP contribution in [0.2, 0.25) is 5.02 Å². The number of benzene rings is 2. The number of halogens is 2. The molecule has 19 heavy (non-hydrogen) atoms. The van der Waals surface area contributed by atoms with Crippen molar-refractivity contribution in [3.63, 3.8) is 0 Å². The molecule has 2 N–H and O–H groups in total. The van der Waals surface area contributed by atoms with Crippen molar-refractivity contribution < 1.29 is 0 Å². The molecule has 3 heteroatoms. The van der Waals surface area contributed by atoms with Crippen molar-refractivity contribution in [1.29, 1.82) is 0 Å². The van der Waals surface area contributed by atoms with Crippen LogP contribution in [0.25, 0.3) is 0 Å². The van der Waals surface area contributed by atoms with Crippen molar-refractivity contribution in [2.24, 2.45) is 5.73 Å². The summed E-state index contributed by atoms with van der Waals surface area (Å²) in [5.74, 6) is 0. The highest BCUT2D eigenvalue weighted by Crippen LogP contribution is 2.26. The Kier molecular flexibility index (Phi) is 4.67. The zero-order valence-electron chi connectivity index (χ0n) is 11.1. The van der Waals surface area contributed by atoms with Crippen molar-refractivity contribution >= 4 is 27.5 Å². The maximum absolute atomic E-state index is 6.32. The van der Waals surface area contributed by atoms with E-state index in [0.717, 1.165) is 27.0 Å². The molecule has 0 spiro atoms. The van der Waals surface area contributed by atoms with Crippen LogP contribution < -0.4 is 5.73 Å². The minimum atomic E-state index is -0.0438. The Bertz CT molecular complexity index is 595. The van der Waals surface area contributed by atoms with E-state index in [4.69, 9.17) is 17.3 Å². The molecule has 1 unspecified atom stereocenters. The quantitative estimate of drug-likeness (QED) is 0.841. The largest absolute Gasteiger partial charge is 0.324 e. The molecule has 0 aliphatic rings. The van der Waals surface area contributed by atoms with E-state index in [1.165, 1.54) is 11.1 Å². The summed E-state index contributed by atoms with van der Waals surface area (Å²) < 4.78 is 1.05. The van der Waals surface area contributed by atoms with Gasteiger partial charge in [-0.25, -0.2) is 0 Å². The summed E-state index contributed by atoms with van der Waals surface area (Å²) in [7, 11) is 0. The highest BCUT2D eigenvalue weighted by molar-refractivity contribution is 9.10. The van der Waals surface area contributed by atoms with Gasteiger partial charge in [0.2, 0.25) is 0 Å². The van der Waals surface area contributed by atoms with E-state index in [1.54, 1.807) is 0 Å². The van der Waals surface area contributed by atoms with Gasteiger partial charge < -0.3 is 5.73 Å². The molecule has 100 valence electrons. The molecule has 0 bridgehead atoms. The predicted octanol–water partition coefficient (Wildman–Crippen LogP) is 4.96. The fraction of sp³-hybridized carbons (Fsp3) is 0.250. The SMILES string of the molecule is Cc1ccc(CC(N)c2cc(Br)ccc2C)c(Cl)c1. The molecule has 0 aliphatic carbocycles. The fourth-order valence-electron chi connectivity index (χ4n) is 2.18. The van der Waals surface area contributed by atoms with Crippen molar-refractivity contribution in [1.82, 2.24) is 0 Å². The standard InChI is InChI=1S/C16H17BrClN/c1-10-3-5-12(15(18)7-10)8-16(19)14-9-13(17)6-4-11(14)2/h3-7,9,16H,8,19H2,1-2H3. The van der Waals surface area contributed by atoms with Crippen LogP contribution in [0.5, 0.6) is 0 Å². The molecule has 2 aromatic rings. The second kappa shape index (κ2) is 6.08. The molecule has 0 aromatic heterocycles. The minimum Gasteiger partial charge on any atom is -0.324 e. The van der Waals surface area contributed by atoms with Crippen molar-refractivity contribution in [2.75, 3.05) is 0 Å². The first kappa shape index (κ1) is 14.6. The third-order valence-electron chi connectivity index (χ3n) is 3.29. The summed E-state index contributed by atoms with van der Waals surface area (Å²) in [4.78, 5) is 0. The van der Waals surface area contributed by atoms with Crippen molar-refractivity contribution in [3.8, 4) is 0 Å². The predicted molar refractivity (Wildman–Crippen MR) is 85.7 cm³/mol. The number of aryl methyl sites for hydroxylation is 2. The molecular weight excluding hydrogens is 322 g/mol. The van der Waals surface area contributed by atoms with E-state index in [-0.39, 0.29) is 6.04 Å². The molecule has 1 nitrogen and oxygen atoms in total. The number of hydrogen-bond donors (Lipinski definition) is 1. The topological polar surface area (TPSA) is 26.0 Å². The lowest BCUT2D eigenvalue weighted by Crippen LogP contribution is -2.15. The van der Waals surface area contributed by atoms with Crippen molar-refractivity contribution in [3.05, 3.63) is 68.1 Å². The van der Waals surface area contributed by atoms with Gasteiger partial charge >= 0.3 is 0 Å². The van der Waals surface area contributed by atoms with E-state index in [9.17, 15) is 0 Å². The van der Waals surface area contributed by atoms with Crippen LogP contribution in [0.4, 0.5) is 0 Å². The zero-order chi connectivity index (χ0) is 14.0. The monoisotopic (exact) mass is 337 g/mol. The molecule has 0 amide bonds. The summed E-state index contributed by atoms with van der Waals surface area (Å²) in [6.45, 7) is 4.12. The molecule has 0 saturated heterocycles. The van der Waals surface area contributed by atoms with Crippen LogP contribution in [0, 0.1) is 13.8 Å². The van der Waals surface area contributed by atoms with Gasteiger partial charge in [0.15, 0.2) is 0 Å². The van der Waals surface area contributed by atoms with Gasteiger partial charge in [0.25, 0.3) is 0 Å². The Morgan fingerprint density at radius 3 is 2.58 bits per heavy atom. The molecule has 0 fully saturated rings. The van der Waals surface area contributed by atoms with Gasteiger partial charge in [0, 0.05) is 15.5 Å². The van der Waals surface area contributed by atoms with Crippen LogP contribution in [-0.4, -0.2) is 0 Å². The van der Waals surface area contributed by atoms with E-state index in [1.807, 2.05) is 19.1 Å². The second-order valence-electron chi connectivity index (χ2n) is 4.91. The molecule has 2 rings (SSSR count). The summed E-state index contributed by atoms with van der Waals surface area (Å²) in [6, 6.07) is 12.3. The van der Waals surface area contributed by atoms with Gasteiger partial charge in [-0.2, -0.15) is 0 Å². The third kappa shape index (κ3) is 3.59. The highest BCUT2D eigenvalue weighted by atomic mass is 79.9. The number of rotatable bonds is 3. The molecule has 2 aromatic carbocycles. The van der Waals surface area contributed by atoms with Gasteiger partial charge in [-0.1, -0.05) is 45.7 Å². The molecule has 0 saturated carbocycles. The fourth-order valence-corrected chi connectivity index (χ4v) is 2.87. The Morgan fingerprint density at radius 2 is 1.89 bits per heavy atom. The van der Waals surface area contributed by atoms with E-state index in [0.29, 0.717) is 0 Å². The maximum atomic E-state index is 6.32. The minimum absolute atomic E-state index is 0.0438. The number of hydrogen-bond acceptors (Lipinski definition) is 1. The lowest BCUT2D eigenvalue weighted by Gasteiger charge is -2.16. The molecule has 0 heterocycles. The van der Waals surface area contributed by atoms with Crippen molar-refractivity contribution in [2.45, 2.75) is 26.3 Å². The Labute approximate surface area is 127 Å². The molecular formula is C16H17BrClN. The first-order valence-electron chi connectivity index (χ1n) is 6.24. The van der Waals surface area contributed by atoms with Crippen LogP contribution in [0.1, 0.15) is 28.3 Å². The molecule has 1 atom stereocenters. The summed E-state index contributed by atoms with van der Waals surface area (Å²) in [5, 5.41) is 0.795. The van der Waals surface area contributed by atoms with Crippen LogP contribution in [0.3, 0.4) is 0 Å². The highest BCUT2D eigenvalue weighted by Gasteiger charge is 2.12. The van der Waals surface area contributed by atoms with Gasteiger partial charge in [-0.15, -0.1) is 0 Å². The summed E-state index contributed by atoms with van der Waals surface area (Å²) in [5.41, 5.74) is 11.0. The normalized spacial score (nSPS) is 12.5. The van der Waals surface area contributed by atoms with E-state index < -0.39 is 0 Å². The third-order valence-corrected chi connectivity index (χ3v) is 4.13. The smallest absolute Gasteiger partial charge is 0.0441 e. The first-order chi connectivity index (χ1) is 8.97. The van der Waals surface area contributed by atoms with Crippen LogP contribution in [-0.2, 0) is 6.42 Å². The second-order valence-corrected chi connectivity index (χ2v) is 6.23. The zero-order valence-corrected chi connectivity index (χ0v) is 13.4. The van der Waals surface area contributed by atoms with Gasteiger partial charge in [0.05, 0.1) is 0 Å². The average molecular weight is 339 g/mol. The maximum Gasteiger partial charge on any atom is 0.0441 e. The van der Waals surface area contributed by atoms with Gasteiger partial charge in [-0.05, 0) is 60.7 Å².